The maximum atomic E-state index is 11.0. The third-order valence-electron chi connectivity index (χ3n) is 7.50. The normalized spacial score (nSPS) is 23.3. The largest absolute Gasteiger partial charge is 0.478 e. The number of carboxylic acids is 1. The fraction of sp³-hybridized carbons (Fsp3) is 0.464. The van der Waals surface area contributed by atoms with E-state index in [2.05, 4.69) is 52.0 Å². The third-order valence-corrected chi connectivity index (χ3v) is 7.50. The second kappa shape index (κ2) is 7.72. The number of aromatic carboxylic acids is 1. The van der Waals surface area contributed by atoms with Gasteiger partial charge in [0.2, 0.25) is 0 Å². The number of hydrogen-bond acceptors (Lipinski definition) is 1. The highest BCUT2D eigenvalue weighted by Gasteiger charge is 2.37. The maximum Gasteiger partial charge on any atom is 0.335 e. The van der Waals surface area contributed by atoms with Gasteiger partial charge in [-0.2, -0.15) is 0 Å². The average molecular weight is 403 g/mol. The molecule has 0 spiro atoms. The van der Waals surface area contributed by atoms with Gasteiger partial charge in [0.05, 0.1) is 5.56 Å². The van der Waals surface area contributed by atoms with E-state index < -0.39 is 5.97 Å². The monoisotopic (exact) mass is 402 g/mol. The van der Waals surface area contributed by atoms with Crippen LogP contribution in [0.4, 0.5) is 0 Å². The predicted octanol–water partition coefficient (Wildman–Crippen LogP) is 7.17. The molecule has 2 aromatic rings. The molecule has 0 aromatic heterocycles. The summed E-state index contributed by atoms with van der Waals surface area (Å²) >= 11 is 0. The van der Waals surface area contributed by atoms with Crippen molar-refractivity contribution >= 4 is 5.97 Å². The quantitative estimate of drug-likeness (QED) is 0.550. The first-order valence-corrected chi connectivity index (χ1v) is 11.3. The van der Waals surface area contributed by atoms with Crippen LogP contribution in [-0.4, -0.2) is 11.1 Å². The zero-order valence-corrected chi connectivity index (χ0v) is 18.8. The van der Waals surface area contributed by atoms with Gasteiger partial charge in [-0.3, -0.25) is 0 Å². The Hall–Kier alpha value is -2.35. The Morgan fingerprint density at radius 2 is 1.67 bits per heavy atom. The summed E-state index contributed by atoms with van der Waals surface area (Å²) in [4.78, 5) is 11.0. The van der Waals surface area contributed by atoms with Crippen LogP contribution in [-0.2, 0) is 17.3 Å². The van der Waals surface area contributed by atoms with E-state index in [0.29, 0.717) is 11.5 Å². The molecule has 4 rings (SSSR count). The van der Waals surface area contributed by atoms with E-state index >= 15 is 0 Å². The molecule has 0 heterocycles. The minimum Gasteiger partial charge on any atom is -0.478 e. The number of allylic oxidation sites excluding steroid dienone is 2. The second-order valence-electron chi connectivity index (χ2n) is 10.6. The van der Waals surface area contributed by atoms with Gasteiger partial charge in [-0.15, -0.1) is 0 Å². The van der Waals surface area contributed by atoms with E-state index in [9.17, 15) is 4.79 Å². The highest BCUT2D eigenvalue weighted by molar-refractivity contribution is 5.87. The lowest BCUT2D eigenvalue weighted by Crippen LogP contribution is -2.33. The van der Waals surface area contributed by atoms with Crippen LogP contribution >= 0.6 is 0 Å². The zero-order valence-electron chi connectivity index (χ0n) is 18.8. The summed E-state index contributed by atoms with van der Waals surface area (Å²) < 4.78 is 0. The summed E-state index contributed by atoms with van der Waals surface area (Å²) in [7, 11) is 0. The van der Waals surface area contributed by atoms with Crippen molar-refractivity contribution < 1.29 is 9.90 Å². The molecule has 2 aliphatic carbocycles. The van der Waals surface area contributed by atoms with Crippen molar-refractivity contribution in [1.82, 2.24) is 0 Å². The summed E-state index contributed by atoms with van der Waals surface area (Å²) in [6.45, 7) is 9.58. The maximum absolute atomic E-state index is 11.0. The number of benzene rings is 2. The number of carbonyl (C=O) groups is 1. The summed E-state index contributed by atoms with van der Waals surface area (Å²) in [5.41, 5.74) is 8.22. The van der Waals surface area contributed by atoms with E-state index in [0.717, 1.165) is 12.8 Å². The predicted molar refractivity (Wildman–Crippen MR) is 124 cm³/mol. The zero-order chi connectivity index (χ0) is 21.5. The van der Waals surface area contributed by atoms with Crippen LogP contribution < -0.4 is 0 Å². The fourth-order valence-electron chi connectivity index (χ4n) is 5.26. The van der Waals surface area contributed by atoms with Crippen molar-refractivity contribution in [3.63, 3.8) is 0 Å². The smallest absolute Gasteiger partial charge is 0.335 e. The fourth-order valence-corrected chi connectivity index (χ4v) is 5.26. The summed E-state index contributed by atoms with van der Waals surface area (Å²) in [5, 5.41) is 9.04. The topological polar surface area (TPSA) is 37.3 Å². The Kier molecular flexibility index (Phi) is 5.38. The van der Waals surface area contributed by atoms with Gasteiger partial charge in [0, 0.05) is 0 Å². The van der Waals surface area contributed by atoms with Crippen LogP contribution in [0.5, 0.6) is 0 Å². The average Bonchev–Trinajstić information content (AvgIpc) is 3.19. The molecule has 2 aromatic carbocycles. The molecule has 1 saturated carbocycles. The first kappa shape index (κ1) is 20.9. The molecular weight excluding hydrogens is 368 g/mol. The number of fused-ring (bicyclic) bond motifs is 1. The van der Waals surface area contributed by atoms with E-state index in [1.54, 1.807) is 28.8 Å². The highest BCUT2D eigenvalue weighted by atomic mass is 16.4. The molecule has 158 valence electrons. The minimum absolute atomic E-state index is 0.264. The third kappa shape index (κ3) is 4.10. The van der Waals surface area contributed by atoms with Crippen LogP contribution in [0.1, 0.15) is 98.3 Å². The first-order valence-electron chi connectivity index (χ1n) is 11.3. The molecular formula is C28H34O2. The molecule has 2 heteroatoms. The van der Waals surface area contributed by atoms with Gasteiger partial charge in [-0.25, -0.2) is 4.79 Å². The Morgan fingerprint density at radius 3 is 2.33 bits per heavy atom. The molecule has 0 bridgehead atoms. The molecule has 0 saturated heterocycles. The molecule has 30 heavy (non-hydrogen) atoms. The number of carboxylic acid groups (broad SMARTS) is 1. The standard InChI is InChI=1S/C28H34O2/c1-27(2)15-16-28(3,4)25-18-23(13-14-24(25)27)22-12-9-20(17-22)6-5-19-7-10-21(11-8-19)26(29)30/h6-8,10-11,13-14,18,22H,5,9,12,15-17H2,1-4H3,(H,29,30)/b20-6+. The lowest BCUT2D eigenvalue weighted by Gasteiger charge is -2.42. The summed E-state index contributed by atoms with van der Waals surface area (Å²) in [6, 6.07) is 14.6. The van der Waals surface area contributed by atoms with Crippen molar-refractivity contribution in [1.29, 1.82) is 0 Å². The molecule has 0 radical (unpaired) electrons. The minimum atomic E-state index is -0.866. The highest BCUT2D eigenvalue weighted by Crippen LogP contribution is 2.47. The van der Waals surface area contributed by atoms with Gasteiger partial charge < -0.3 is 5.11 Å². The van der Waals surface area contributed by atoms with E-state index in [-0.39, 0.29) is 10.8 Å². The van der Waals surface area contributed by atoms with Gasteiger partial charge in [0.25, 0.3) is 0 Å². The van der Waals surface area contributed by atoms with Crippen molar-refractivity contribution in [2.75, 3.05) is 0 Å². The van der Waals surface area contributed by atoms with Gasteiger partial charge in [-0.1, -0.05) is 69.7 Å². The van der Waals surface area contributed by atoms with E-state index in [1.165, 1.54) is 36.8 Å². The number of rotatable bonds is 4. The molecule has 0 aliphatic heterocycles. The SMILES string of the molecule is CC1(C)CCC(C)(C)c2cc(C3CC/C(=C\Cc4ccc(C(=O)O)cc4)C3)ccc21. The number of hydrogen-bond donors (Lipinski definition) is 1. The Labute approximate surface area is 181 Å². The molecule has 1 fully saturated rings. The summed E-state index contributed by atoms with van der Waals surface area (Å²) in [5.74, 6) is -0.244. The van der Waals surface area contributed by atoms with Crippen molar-refractivity contribution in [2.24, 2.45) is 0 Å². The van der Waals surface area contributed by atoms with E-state index in [1.807, 2.05) is 12.1 Å². The van der Waals surface area contributed by atoms with Crippen LogP contribution in [0, 0.1) is 0 Å². The van der Waals surface area contributed by atoms with Crippen LogP contribution in [0.15, 0.2) is 54.1 Å². The van der Waals surface area contributed by atoms with Gasteiger partial charge in [0.15, 0.2) is 0 Å². The van der Waals surface area contributed by atoms with Gasteiger partial charge >= 0.3 is 5.97 Å². The molecule has 1 atom stereocenters. The lowest BCUT2D eigenvalue weighted by molar-refractivity contribution is 0.0697. The Morgan fingerprint density at radius 1 is 1.00 bits per heavy atom. The van der Waals surface area contributed by atoms with Gasteiger partial charge in [-0.05, 0) is 89.7 Å². The van der Waals surface area contributed by atoms with Crippen LogP contribution in [0.2, 0.25) is 0 Å². The second-order valence-corrected chi connectivity index (χ2v) is 10.6. The Bertz CT molecular complexity index is 976. The first-order chi connectivity index (χ1) is 14.2. The van der Waals surface area contributed by atoms with Crippen molar-refractivity contribution in [3.05, 3.63) is 81.9 Å². The molecule has 1 unspecified atom stereocenters. The molecule has 0 amide bonds. The van der Waals surface area contributed by atoms with Crippen molar-refractivity contribution in [3.8, 4) is 0 Å². The molecule has 2 nitrogen and oxygen atoms in total. The molecule has 2 aliphatic rings. The Balaban J connectivity index is 1.48. The van der Waals surface area contributed by atoms with Gasteiger partial charge in [0.1, 0.15) is 0 Å². The van der Waals surface area contributed by atoms with Crippen LogP contribution in [0.25, 0.3) is 0 Å². The lowest BCUT2D eigenvalue weighted by atomic mass is 9.62. The van der Waals surface area contributed by atoms with E-state index in [4.69, 9.17) is 5.11 Å². The molecule has 1 N–H and O–H groups in total. The van der Waals surface area contributed by atoms with Crippen LogP contribution in [0.3, 0.4) is 0 Å². The van der Waals surface area contributed by atoms with Crippen molar-refractivity contribution in [2.45, 2.75) is 83.0 Å². The summed E-state index contributed by atoms with van der Waals surface area (Å²) in [6.07, 6.45) is 9.31.